The molecule has 0 fully saturated rings. The molecule has 0 unspecified atom stereocenters. The molecule has 3 N–H and O–H groups in total. The number of hydrogen-bond acceptors (Lipinski definition) is 7. The highest BCUT2D eigenvalue weighted by Gasteiger charge is 2.16. The lowest BCUT2D eigenvalue weighted by Gasteiger charge is -2.11. The van der Waals surface area contributed by atoms with Crippen LogP contribution in [0.1, 0.15) is 0 Å². The van der Waals surface area contributed by atoms with Gasteiger partial charge < -0.3 is 14.9 Å². The molecule has 0 aliphatic carbocycles. The maximum atomic E-state index is 12.6. The molecule has 0 saturated heterocycles. The Kier molecular flexibility index (Phi) is 6.51. The van der Waals surface area contributed by atoms with Gasteiger partial charge in [-0.05, 0) is 66.1 Å². The number of sulfonamides is 1. The minimum Gasteiger partial charge on any atom is -0.423 e. The van der Waals surface area contributed by atoms with Gasteiger partial charge in [-0.1, -0.05) is 12.1 Å². The van der Waals surface area contributed by atoms with Gasteiger partial charge in [-0.25, -0.2) is 8.42 Å². The SMILES string of the molecule is CN(C)c1ccc(/N=N/c2ccc(S(=O)(=O)Nc3cccc(B(O)O)c3)cc2)cc1. The molecule has 0 aliphatic rings. The summed E-state index contributed by atoms with van der Waals surface area (Å²) in [7, 11) is -1.62. The first-order valence-corrected chi connectivity index (χ1v) is 10.5. The lowest BCUT2D eigenvalue weighted by atomic mass is 9.80. The standard InChI is InChI=1S/C20H21BN4O4S/c1-25(2)19-10-6-16(7-11-19)22-23-17-8-12-20(13-9-17)30(28,29)24-18-5-3-4-15(14-18)21(26)27/h3-14,24,26-27H,1-2H3/b23-22+. The molecule has 0 saturated carbocycles. The Labute approximate surface area is 175 Å². The van der Waals surface area contributed by atoms with Crippen molar-refractivity contribution in [1.82, 2.24) is 0 Å². The van der Waals surface area contributed by atoms with Crippen LogP contribution in [0.15, 0.2) is 87.9 Å². The minimum absolute atomic E-state index is 0.0479. The quantitative estimate of drug-likeness (QED) is 0.399. The molecule has 3 rings (SSSR count). The number of benzene rings is 3. The summed E-state index contributed by atoms with van der Waals surface area (Å²) < 4.78 is 27.5. The van der Waals surface area contributed by atoms with Crippen molar-refractivity contribution in [1.29, 1.82) is 0 Å². The molecule has 30 heavy (non-hydrogen) atoms. The summed E-state index contributed by atoms with van der Waals surface area (Å²) in [4.78, 5) is 2.03. The molecule has 0 heterocycles. The topological polar surface area (TPSA) is 115 Å². The average molecular weight is 424 g/mol. The van der Waals surface area contributed by atoms with Gasteiger partial charge in [-0.2, -0.15) is 10.2 Å². The van der Waals surface area contributed by atoms with Crippen molar-refractivity contribution < 1.29 is 18.5 Å². The Balaban J connectivity index is 1.72. The van der Waals surface area contributed by atoms with Crippen molar-refractivity contribution in [2.45, 2.75) is 4.90 Å². The van der Waals surface area contributed by atoms with Crippen molar-refractivity contribution in [2.24, 2.45) is 10.2 Å². The average Bonchev–Trinajstić information content (AvgIpc) is 2.72. The van der Waals surface area contributed by atoms with Gasteiger partial charge in [-0.3, -0.25) is 4.72 Å². The van der Waals surface area contributed by atoms with E-state index in [-0.39, 0.29) is 16.0 Å². The zero-order valence-corrected chi connectivity index (χ0v) is 17.3. The van der Waals surface area contributed by atoms with Crippen LogP contribution in [-0.4, -0.2) is 39.7 Å². The molecule has 0 radical (unpaired) electrons. The van der Waals surface area contributed by atoms with Crippen LogP contribution in [0.5, 0.6) is 0 Å². The summed E-state index contributed by atoms with van der Waals surface area (Å²) in [6.45, 7) is 0. The van der Waals surface area contributed by atoms with Crippen molar-refractivity contribution in [3.63, 3.8) is 0 Å². The number of anilines is 2. The van der Waals surface area contributed by atoms with E-state index in [2.05, 4.69) is 15.0 Å². The molecule has 8 nitrogen and oxygen atoms in total. The molecule has 0 aromatic heterocycles. The molecule has 0 amide bonds. The number of azo groups is 1. The Morgan fingerprint density at radius 3 is 1.97 bits per heavy atom. The van der Waals surface area contributed by atoms with E-state index >= 15 is 0 Å². The zero-order valence-electron chi connectivity index (χ0n) is 16.5. The lowest BCUT2D eigenvalue weighted by molar-refractivity contribution is 0.426. The van der Waals surface area contributed by atoms with E-state index in [9.17, 15) is 18.5 Å². The Morgan fingerprint density at radius 2 is 1.43 bits per heavy atom. The number of nitrogens with zero attached hydrogens (tertiary/aromatic N) is 3. The van der Waals surface area contributed by atoms with Gasteiger partial charge in [-0.15, -0.1) is 0 Å². The van der Waals surface area contributed by atoms with E-state index < -0.39 is 17.1 Å². The fraction of sp³-hybridized carbons (Fsp3) is 0.100. The molecule has 3 aromatic rings. The van der Waals surface area contributed by atoms with Gasteiger partial charge in [0.05, 0.1) is 16.3 Å². The van der Waals surface area contributed by atoms with Gasteiger partial charge in [0.15, 0.2) is 0 Å². The third-order valence-electron chi connectivity index (χ3n) is 4.23. The number of hydrogen-bond donors (Lipinski definition) is 3. The fourth-order valence-electron chi connectivity index (χ4n) is 2.60. The van der Waals surface area contributed by atoms with Gasteiger partial charge in [0.25, 0.3) is 10.0 Å². The van der Waals surface area contributed by atoms with E-state index in [0.717, 1.165) is 5.69 Å². The molecular formula is C20H21BN4O4S. The lowest BCUT2D eigenvalue weighted by Crippen LogP contribution is -2.30. The first kappa shape index (κ1) is 21.5. The maximum absolute atomic E-state index is 12.6. The van der Waals surface area contributed by atoms with Crippen molar-refractivity contribution in [3.05, 3.63) is 72.8 Å². The van der Waals surface area contributed by atoms with E-state index in [1.54, 1.807) is 12.1 Å². The number of nitrogens with one attached hydrogen (secondary N) is 1. The molecule has 0 aliphatic heterocycles. The minimum atomic E-state index is -3.84. The monoisotopic (exact) mass is 424 g/mol. The second-order valence-electron chi connectivity index (χ2n) is 6.71. The second-order valence-corrected chi connectivity index (χ2v) is 8.39. The van der Waals surface area contributed by atoms with Crippen LogP contribution < -0.4 is 15.1 Å². The summed E-state index contributed by atoms with van der Waals surface area (Å²) in [5.74, 6) is 0. The predicted molar refractivity (Wildman–Crippen MR) is 118 cm³/mol. The third-order valence-corrected chi connectivity index (χ3v) is 5.63. The van der Waals surface area contributed by atoms with Crippen LogP contribution >= 0.6 is 0 Å². The maximum Gasteiger partial charge on any atom is 0.488 e. The van der Waals surface area contributed by atoms with Crippen LogP contribution in [0, 0.1) is 0 Å². The van der Waals surface area contributed by atoms with Crippen LogP contribution in [0.4, 0.5) is 22.7 Å². The van der Waals surface area contributed by atoms with E-state index in [1.807, 2.05) is 43.3 Å². The van der Waals surface area contributed by atoms with Crippen LogP contribution in [0.25, 0.3) is 0 Å². The highest BCUT2D eigenvalue weighted by Crippen LogP contribution is 2.23. The smallest absolute Gasteiger partial charge is 0.423 e. The van der Waals surface area contributed by atoms with E-state index in [0.29, 0.717) is 11.4 Å². The fourth-order valence-corrected chi connectivity index (χ4v) is 3.65. The Morgan fingerprint density at radius 1 is 0.867 bits per heavy atom. The van der Waals surface area contributed by atoms with Crippen molar-refractivity contribution in [3.8, 4) is 0 Å². The first-order valence-electron chi connectivity index (χ1n) is 9.03. The van der Waals surface area contributed by atoms with Crippen molar-refractivity contribution in [2.75, 3.05) is 23.7 Å². The summed E-state index contributed by atoms with van der Waals surface area (Å²) in [6, 6.07) is 19.4. The Bertz CT molecular complexity index is 1130. The van der Waals surface area contributed by atoms with E-state index in [4.69, 9.17) is 0 Å². The number of rotatable bonds is 7. The van der Waals surface area contributed by atoms with Crippen LogP contribution in [0.3, 0.4) is 0 Å². The van der Waals surface area contributed by atoms with Crippen LogP contribution in [0.2, 0.25) is 0 Å². The summed E-state index contributed by atoms with van der Waals surface area (Å²) in [6.07, 6.45) is 0. The largest absolute Gasteiger partial charge is 0.488 e. The molecule has 3 aromatic carbocycles. The highest BCUT2D eigenvalue weighted by atomic mass is 32.2. The second kappa shape index (κ2) is 9.08. The van der Waals surface area contributed by atoms with Gasteiger partial charge in [0, 0.05) is 25.5 Å². The van der Waals surface area contributed by atoms with Crippen LogP contribution in [-0.2, 0) is 10.0 Å². The molecule has 0 bridgehead atoms. The molecule has 0 atom stereocenters. The normalized spacial score (nSPS) is 11.5. The summed E-state index contributed by atoms with van der Waals surface area (Å²) >= 11 is 0. The molecule has 0 spiro atoms. The van der Waals surface area contributed by atoms with Crippen molar-refractivity contribution >= 4 is 45.4 Å². The predicted octanol–water partition coefficient (Wildman–Crippen LogP) is 2.65. The molecule has 10 heteroatoms. The summed E-state index contributed by atoms with van der Waals surface area (Å²) in [5.41, 5.74) is 2.66. The summed E-state index contributed by atoms with van der Waals surface area (Å²) in [5, 5.41) is 26.7. The molecule has 154 valence electrons. The van der Waals surface area contributed by atoms with Gasteiger partial charge in [0.1, 0.15) is 0 Å². The van der Waals surface area contributed by atoms with Gasteiger partial charge in [0.2, 0.25) is 0 Å². The van der Waals surface area contributed by atoms with Gasteiger partial charge >= 0.3 is 7.12 Å². The molecular weight excluding hydrogens is 403 g/mol. The van der Waals surface area contributed by atoms with E-state index in [1.165, 1.54) is 36.4 Å². The third kappa shape index (κ3) is 5.44. The zero-order chi connectivity index (χ0) is 21.7. The first-order chi connectivity index (χ1) is 14.2. The highest BCUT2D eigenvalue weighted by molar-refractivity contribution is 7.92. The Hall–Kier alpha value is -3.21.